The van der Waals surface area contributed by atoms with E-state index in [1.54, 1.807) is 12.1 Å². The molecule has 1 aliphatic heterocycles. The van der Waals surface area contributed by atoms with E-state index in [9.17, 15) is 12.8 Å². The first-order valence-corrected chi connectivity index (χ1v) is 10.6. The van der Waals surface area contributed by atoms with E-state index in [0.717, 1.165) is 16.8 Å². The molecular weight excluding hydrogens is 377 g/mol. The zero-order chi connectivity index (χ0) is 19.8. The molecule has 0 spiro atoms. The zero-order valence-electron chi connectivity index (χ0n) is 15.5. The Labute approximate surface area is 165 Å². The van der Waals surface area contributed by atoms with Crippen molar-refractivity contribution in [2.24, 2.45) is 4.99 Å². The number of aliphatic imine (C=N–C) groups is 1. The van der Waals surface area contributed by atoms with Crippen LogP contribution < -0.4 is 4.90 Å². The molecule has 0 aromatic heterocycles. The van der Waals surface area contributed by atoms with Gasteiger partial charge in [-0.05, 0) is 36.4 Å². The van der Waals surface area contributed by atoms with Crippen molar-refractivity contribution in [2.75, 3.05) is 37.6 Å². The summed E-state index contributed by atoms with van der Waals surface area (Å²) < 4.78 is 39.2. The summed E-state index contributed by atoms with van der Waals surface area (Å²) in [5.74, 6) is 5.72. The Morgan fingerprint density at radius 2 is 1.68 bits per heavy atom. The molecule has 5 nitrogen and oxygen atoms in total. The van der Waals surface area contributed by atoms with Crippen LogP contribution in [0.25, 0.3) is 0 Å². The fraction of sp³-hybridized carbons (Fsp3) is 0.286. The highest BCUT2D eigenvalue weighted by molar-refractivity contribution is 8.02. The number of sulfonamides is 1. The molecule has 0 bridgehead atoms. The number of halogens is 1. The first-order chi connectivity index (χ1) is 13.5. The number of rotatable bonds is 5. The summed E-state index contributed by atoms with van der Waals surface area (Å²) in [5.41, 5.74) is 2.85. The molecule has 0 unspecified atom stereocenters. The summed E-state index contributed by atoms with van der Waals surface area (Å²) in [6, 6.07) is 15.8. The Hall–Kier alpha value is -2.69. The number of nitrogens with zero attached hydrogens (tertiary/aromatic N) is 3. The van der Waals surface area contributed by atoms with Crippen LogP contribution in [0, 0.1) is 17.7 Å². The molecule has 0 N–H and O–H groups in total. The molecule has 3 rings (SSSR count). The molecule has 1 saturated heterocycles. The third kappa shape index (κ3) is 5.65. The normalized spacial score (nSPS) is 15.4. The average molecular weight is 399 g/mol. The lowest BCUT2D eigenvalue weighted by Gasteiger charge is -2.34. The predicted molar refractivity (Wildman–Crippen MR) is 110 cm³/mol. The standard InChI is InChI=1S/C21H22FN3O2S/c22-20-9-11-21(12-10-20)24-14-16-25(17-15-24)28(26,27)18-23-13-5-4-8-19-6-2-1-3-7-19/h1-3,6-7,9-12,18H,5,13-17H2. The Balaban J connectivity index is 1.46. The molecule has 0 radical (unpaired) electrons. The second-order valence-corrected chi connectivity index (χ2v) is 8.09. The lowest BCUT2D eigenvalue weighted by molar-refractivity contribution is 0.392. The minimum atomic E-state index is -3.53. The van der Waals surface area contributed by atoms with Crippen LogP contribution in [0.1, 0.15) is 12.0 Å². The first kappa shape index (κ1) is 20.1. The van der Waals surface area contributed by atoms with Crippen molar-refractivity contribution in [3.05, 3.63) is 66.0 Å². The summed E-state index contributed by atoms with van der Waals surface area (Å²) in [6.45, 7) is 2.20. The molecular formula is C21H22FN3O2S. The summed E-state index contributed by atoms with van der Waals surface area (Å²) >= 11 is 0. The maximum absolute atomic E-state index is 13.0. The van der Waals surface area contributed by atoms with Crippen LogP contribution in [0.4, 0.5) is 10.1 Å². The van der Waals surface area contributed by atoms with Gasteiger partial charge in [-0.1, -0.05) is 30.0 Å². The van der Waals surface area contributed by atoms with E-state index in [2.05, 4.69) is 16.8 Å². The lowest BCUT2D eigenvalue weighted by Crippen LogP contribution is -2.48. The number of hydrogen-bond donors (Lipinski definition) is 0. The van der Waals surface area contributed by atoms with Gasteiger partial charge in [0.05, 0.1) is 6.54 Å². The van der Waals surface area contributed by atoms with Crippen LogP contribution in [-0.4, -0.2) is 51.0 Å². The minimum absolute atomic E-state index is 0.283. The maximum atomic E-state index is 13.0. The molecule has 28 heavy (non-hydrogen) atoms. The van der Waals surface area contributed by atoms with Gasteiger partial charge in [0, 0.05) is 43.9 Å². The molecule has 0 atom stereocenters. The zero-order valence-corrected chi connectivity index (χ0v) is 16.3. The van der Waals surface area contributed by atoms with Crippen molar-refractivity contribution < 1.29 is 12.8 Å². The van der Waals surface area contributed by atoms with Crippen molar-refractivity contribution in [1.29, 1.82) is 0 Å². The largest absolute Gasteiger partial charge is 0.369 e. The van der Waals surface area contributed by atoms with Gasteiger partial charge < -0.3 is 4.90 Å². The van der Waals surface area contributed by atoms with E-state index in [4.69, 9.17) is 0 Å². The van der Waals surface area contributed by atoms with Gasteiger partial charge in [-0.25, -0.2) is 12.8 Å². The van der Waals surface area contributed by atoms with Crippen LogP contribution in [0.2, 0.25) is 0 Å². The van der Waals surface area contributed by atoms with E-state index in [-0.39, 0.29) is 5.82 Å². The van der Waals surface area contributed by atoms with Gasteiger partial charge in [-0.3, -0.25) is 4.99 Å². The molecule has 2 aromatic rings. The maximum Gasteiger partial charge on any atom is 0.253 e. The number of benzene rings is 2. The van der Waals surface area contributed by atoms with Gasteiger partial charge in [-0.2, -0.15) is 4.31 Å². The average Bonchev–Trinajstić information content (AvgIpc) is 2.72. The highest BCUT2D eigenvalue weighted by atomic mass is 32.2. The van der Waals surface area contributed by atoms with Crippen LogP contribution in [0.5, 0.6) is 0 Å². The fourth-order valence-corrected chi connectivity index (χ4v) is 3.97. The van der Waals surface area contributed by atoms with Crippen LogP contribution >= 0.6 is 0 Å². The Morgan fingerprint density at radius 1 is 1.00 bits per heavy atom. The van der Waals surface area contributed by atoms with Gasteiger partial charge >= 0.3 is 0 Å². The van der Waals surface area contributed by atoms with Gasteiger partial charge in [-0.15, -0.1) is 0 Å². The van der Waals surface area contributed by atoms with Crippen LogP contribution in [-0.2, 0) is 10.0 Å². The van der Waals surface area contributed by atoms with Crippen molar-refractivity contribution >= 4 is 21.3 Å². The Morgan fingerprint density at radius 3 is 2.36 bits per heavy atom. The Bertz CT molecular complexity index is 956. The van der Waals surface area contributed by atoms with E-state index in [1.807, 2.05) is 35.2 Å². The molecule has 2 aromatic carbocycles. The topological polar surface area (TPSA) is 53.0 Å². The molecule has 0 amide bonds. The lowest BCUT2D eigenvalue weighted by atomic mass is 10.2. The summed E-state index contributed by atoms with van der Waals surface area (Å²) in [6.07, 6.45) is 0.499. The quantitative estimate of drug-likeness (QED) is 0.336. The number of hydrogen-bond acceptors (Lipinski definition) is 4. The first-order valence-electron chi connectivity index (χ1n) is 9.09. The Kier molecular flexibility index (Phi) is 6.80. The SMILES string of the molecule is O=S(=O)(C=NCCC#Cc1ccccc1)N1CCN(c2ccc(F)cc2)CC1. The van der Waals surface area contributed by atoms with Gasteiger partial charge in [0.25, 0.3) is 10.0 Å². The third-order valence-electron chi connectivity index (χ3n) is 4.37. The van der Waals surface area contributed by atoms with Crippen molar-refractivity contribution in [3.63, 3.8) is 0 Å². The number of anilines is 1. The van der Waals surface area contributed by atoms with E-state index < -0.39 is 10.0 Å². The van der Waals surface area contributed by atoms with Crippen LogP contribution in [0.15, 0.2) is 59.6 Å². The molecule has 7 heteroatoms. The van der Waals surface area contributed by atoms with Crippen molar-refractivity contribution in [1.82, 2.24) is 4.31 Å². The fourth-order valence-electron chi connectivity index (χ4n) is 2.87. The second kappa shape index (κ2) is 9.49. The predicted octanol–water partition coefficient (Wildman–Crippen LogP) is 2.75. The van der Waals surface area contributed by atoms with E-state index in [1.165, 1.54) is 16.4 Å². The van der Waals surface area contributed by atoms with Crippen molar-refractivity contribution in [3.8, 4) is 11.8 Å². The highest BCUT2D eigenvalue weighted by Crippen LogP contribution is 2.17. The van der Waals surface area contributed by atoms with Crippen LogP contribution in [0.3, 0.4) is 0 Å². The monoisotopic (exact) mass is 399 g/mol. The molecule has 0 aliphatic carbocycles. The summed E-state index contributed by atoms with van der Waals surface area (Å²) in [7, 11) is -3.53. The second-order valence-electron chi connectivity index (χ2n) is 6.34. The van der Waals surface area contributed by atoms with Crippen molar-refractivity contribution in [2.45, 2.75) is 6.42 Å². The molecule has 146 valence electrons. The van der Waals surface area contributed by atoms with Gasteiger partial charge in [0.1, 0.15) is 11.4 Å². The van der Waals surface area contributed by atoms with Gasteiger partial charge in [0.2, 0.25) is 0 Å². The van der Waals surface area contributed by atoms with E-state index >= 15 is 0 Å². The summed E-state index contributed by atoms with van der Waals surface area (Å²) in [4.78, 5) is 6.07. The van der Waals surface area contributed by atoms with E-state index in [0.29, 0.717) is 39.1 Å². The molecule has 0 saturated carbocycles. The molecule has 1 heterocycles. The molecule has 1 aliphatic rings. The third-order valence-corrected chi connectivity index (χ3v) is 5.87. The number of piperazine rings is 1. The minimum Gasteiger partial charge on any atom is -0.369 e. The smallest absolute Gasteiger partial charge is 0.253 e. The summed E-state index contributed by atoms with van der Waals surface area (Å²) in [5, 5.41) is 0. The van der Waals surface area contributed by atoms with Gasteiger partial charge in [0.15, 0.2) is 0 Å². The molecule has 1 fully saturated rings. The highest BCUT2D eigenvalue weighted by Gasteiger charge is 2.25.